The number of nitrogens with zero attached hydrogens (tertiary/aromatic N) is 4. The standard InChI is InChI=1S/C21H32N6O/c1-15-19(16(2)25-24-15)14-27(4)20-9-8-17(13-23-20)21(28)22-11-10-18-7-5-6-12-26(18)3/h8-9,13,18H,5-7,10-12,14H2,1-4H3,(H,22,28)(H,24,25). The molecule has 2 N–H and O–H groups in total. The van der Waals surface area contributed by atoms with E-state index in [1.54, 1.807) is 6.20 Å². The molecule has 152 valence electrons. The second kappa shape index (κ2) is 9.19. The van der Waals surface area contributed by atoms with E-state index in [0.29, 0.717) is 18.2 Å². The molecular formula is C21H32N6O. The highest BCUT2D eigenvalue weighted by Gasteiger charge is 2.18. The van der Waals surface area contributed by atoms with Crippen molar-refractivity contribution in [3.63, 3.8) is 0 Å². The van der Waals surface area contributed by atoms with Crippen LogP contribution in [0.3, 0.4) is 0 Å². The molecule has 3 heterocycles. The fourth-order valence-corrected chi connectivity index (χ4v) is 3.83. The largest absolute Gasteiger partial charge is 0.355 e. The summed E-state index contributed by atoms with van der Waals surface area (Å²) >= 11 is 0. The van der Waals surface area contributed by atoms with Gasteiger partial charge in [-0.05, 0) is 58.8 Å². The van der Waals surface area contributed by atoms with Crippen molar-refractivity contribution >= 4 is 11.7 Å². The Labute approximate surface area is 167 Å². The van der Waals surface area contributed by atoms with Crippen LogP contribution >= 0.6 is 0 Å². The second-order valence-corrected chi connectivity index (χ2v) is 7.85. The van der Waals surface area contributed by atoms with Gasteiger partial charge in [0.2, 0.25) is 0 Å². The molecule has 0 aromatic carbocycles. The quantitative estimate of drug-likeness (QED) is 0.767. The molecule has 1 unspecified atom stereocenters. The van der Waals surface area contributed by atoms with Crippen LogP contribution in [-0.4, -0.2) is 59.2 Å². The topological polar surface area (TPSA) is 77.2 Å². The molecule has 7 heteroatoms. The molecule has 1 amide bonds. The van der Waals surface area contributed by atoms with Crippen LogP contribution in [0.25, 0.3) is 0 Å². The van der Waals surface area contributed by atoms with Gasteiger partial charge in [-0.15, -0.1) is 0 Å². The van der Waals surface area contributed by atoms with Gasteiger partial charge >= 0.3 is 0 Å². The highest BCUT2D eigenvalue weighted by Crippen LogP contribution is 2.18. The Hall–Kier alpha value is -2.41. The Kier molecular flexibility index (Phi) is 6.67. The van der Waals surface area contributed by atoms with E-state index in [9.17, 15) is 4.79 Å². The summed E-state index contributed by atoms with van der Waals surface area (Å²) < 4.78 is 0. The first-order valence-corrected chi connectivity index (χ1v) is 10.1. The first-order valence-electron chi connectivity index (χ1n) is 10.1. The molecule has 2 aromatic heterocycles. The maximum atomic E-state index is 12.4. The number of pyridine rings is 1. The molecule has 1 aliphatic heterocycles. The molecule has 1 atom stereocenters. The van der Waals surface area contributed by atoms with Crippen molar-refractivity contribution in [2.45, 2.75) is 52.1 Å². The van der Waals surface area contributed by atoms with E-state index < -0.39 is 0 Å². The van der Waals surface area contributed by atoms with Gasteiger partial charge in [0.25, 0.3) is 5.91 Å². The van der Waals surface area contributed by atoms with Gasteiger partial charge in [0, 0.05) is 43.6 Å². The van der Waals surface area contributed by atoms with Gasteiger partial charge in [-0.2, -0.15) is 5.10 Å². The zero-order chi connectivity index (χ0) is 20.1. The summed E-state index contributed by atoms with van der Waals surface area (Å²) in [5.74, 6) is 0.780. The molecule has 1 fully saturated rings. The third-order valence-corrected chi connectivity index (χ3v) is 5.76. The smallest absolute Gasteiger partial charge is 0.252 e. The van der Waals surface area contributed by atoms with E-state index in [0.717, 1.165) is 36.7 Å². The molecule has 7 nitrogen and oxygen atoms in total. The van der Waals surface area contributed by atoms with Crippen LogP contribution in [0, 0.1) is 13.8 Å². The normalized spacial score (nSPS) is 17.5. The third kappa shape index (κ3) is 4.90. The average Bonchev–Trinajstić information content (AvgIpc) is 3.01. The highest BCUT2D eigenvalue weighted by molar-refractivity contribution is 5.94. The van der Waals surface area contributed by atoms with Crippen LogP contribution in [0.1, 0.15) is 53.0 Å². The predicted molar refractivity (Wildman–Crippen MR) is 112 cm³/mol. The van der Waals surface area contributed by atoms with E-state index in [1.165, 1.54) is 24.8 Å². The number of aromatic amines is 1. The molecule has 0 radical (unpaired) electrons. The van der Waals surface area contributed by atoms with Crippen LogP contribution in [0.5, 0.6) is 0 Å². The summed E-state index contributed by atoms with van der Waals surface area (Å²) in [7, 11) is 4.17. The molecule has 0 spiro atoms. The van der Waals surface area contributed by atoms with E-state index in [-0.39, 0.29) is 5.91 Å². The lowest BCUT2D eigenvalue weighted by atomic mass is 10.0. The number of amides is 1. The van der Waals surface area contributed by atoms with E-state index in [4.69, 9.17) is 0 Å². The van der Waals surface area contributed by atoms with E-state index >= 15 is 0 Å². The van der Waals surface area contributed by atoms with Crippen molar-refractivity contribution < 1.29 is 4.79 Å². The van der Waals surface area contributed by atoms with E-state index in [2.05, 4.69) is 37.3 Å². The summed E-state index contributed by atoms with van der Waals surface area (Å²) in [4.78, 5) is 21.3. The summed E-state index contributed by atoms with van der Waals surface area (Å²) in [5, 5.41) is 10.3. The van der Waals surface area contributed by atoms with Crippen molar-refractivity contribution in [2.75, 3.05) is 32.1 Å². The number of hydrogen-bond donors (Lipinski definition) is 2. The van der Waals surface area contributed by atoms with Gasteiger partial charge in [-0.3, -0.25) is 9.89 Å². The van der Waals surface area contributed by atoms with Crippen molar-refractivity contribution in [1.29, 1.82) is 0 Å². The number of aryl methyl sites for hydroxylation is 2. The zero-order valence-electron chi connectivity index (χ0n) is 17.5. The number of hydrogen-bond acceptors (Lipinski definition) is 5. The van der Waals surface area contributed by atoms with Crippen molar-refractivity contribution in [3.8, 4) is 0 Å². The second-order valence-electron chi connectivity index (χ2n) is 7.85. The van der Waals surface area contributed by atoms with Crippen LogP contribution < -0.4 is 10.2 Å². The fourth-order valence-electron chi connectivity index (χ4n) is 3.83. The number of anilines is 1. The lowest BCUT2D eigenvalue weighted by Crippen LogP contribution is -2.39. The monoisotopic (exact) mass is 384 g/mol. The highest BCUT2D eigenvalue weighted by atomic mass is 16.1. The van der Waals surface area contributed by atoms with Gasteiger partial charge in [0.15, 0.2) is 0 Å². The Bertz CT molecular complexity index is 765. The summed E-state index contributed by atoms with van der Waals surface area (Å²) in [5.41, 5.74) is 3.86. The van der Waals surface area contributed by atoms with Gasteiger partial charge in [0.05, 0.1) is 11.3 Å². The lowest BCUT2D eigenvalue weighted by Gasteiger charge is -2.32. The number of carbonyl (C=O) groups excluding carboxylic acids is 1. The molecule has 1 aliphatic rings. The van der Waals surface area contributed by atoms with Crippen LogP contribution in [-0.2, 0) is 6.54 Å². The Balaban J connectivity index is 1.51. The molecule has 0 aliphatic carbocycles. The van der Waals surface area contributed by atoms with Crippen LogP contribution in [0.4, 0.5) is 5.82 Å². The van der Waals surface area contributed by atoms with Gasteiger partial charge in [-0.1, -0.05) is 6.42 Å². The van der Waals surface area contributed by atoms with Crippen LogP contribution in [0.15, 0.2) is 18.3 Å². The molecule has 0 saturated carbocycles. The molecule has 28 heavy (non-hydrogen) atoms. The summed E-state index contributed by atoms with van der Waals surface area (Å²) in [6, 6.07) is 4.32. The maximum absolute atomic E-state index is 12.4. The van der Waals surface area contributed by atoms with E-state index in [1.807, 2.05) is 33.0 Å². The number of H-pyrrole nitrogens is 1. The Morgan fingerprint density at radius 1 is 1.36 bits per heavy atom. The van der Waals surface area contributed by atoms with Gasteiger partial charge < -0.3 is 15.1 Å². The number of carbonyl (C=O) groups is 1. The number of nitrogens with one attached hydrogen (secondary N) is 2. The Morgan fingerprint density at radius 2 is 2.18 bits per heavy atom. The number of aromatic nitrogens is 3. The minimum atomic E-state index is -0.0540. The molecular weight excluding hydrogens is 352 g/mol. The van der Waals surface area contributed by atoms with Crippen molar-refractivity contribution in [1.82, 2.24) is 25.4 Å². The number of likely N-dealkylation sites (tertiary alicyclic amines) is 1. The number of piperidine rings is 1. The predicted octanol–water partition coefficient (Wildman–Crippen LogP) is 2.66. The van der Waals surface area contributed by atoms with Crippen molar-refractivity contribution in [2.24, 2.45) is 0 Å². The van der Waals surface area contributed by atoms with Gasteiger partial charge in [0.1, 0.15) is 5.82 Å². The first kappa shape index (κ1) is 20.3. The maximum Gasteiger partial charge on any atom is 0.252 e. The van der Waals surface area contributed by atoms with Crippen molar-refractivity contribution in [3.05, 3.63) is 40.8 Å². The van der Waals surface area contributed by atoms with Gasteiger partial charge in [-0.25, -0.2) is 4.98 Å². The minimum Gasteiger partial charge on any atom is -0.355 e. The molecule has 2 aromatic rings. The average molecular weight is 385 g/mol. The third-order valence-electron chi connectivity index (χ3n) is 5.76. The molecule has 1 saturated heterocycles. The first-order chi connectivity index (χ1) is 13.5. The minimum absolute atomic E-state index is 0.0540. The van der Waals surface area contributed by atoms with Crippen LogP contribution in [0.2, 0.25) is 0 Å². The fraction of sp³-hybridized carbons (Fsp3) is 0.571. The zero-order valence-corrected chi connectivity index (χ0v) is 17.5. The lowest BCUT2D eigenvalue weighted by molar-refractivity contribution is 0.0945. The SMILES string of the molecule is Cc1n[nH]c(C)c1CN(C)c1ccc(C(=O)NCCC2CCCCN2C)cn1. The summed E-state index contributed by atoms with van der Waals surface area (Å²) in [6.07, 6.45) is 6.46. The molecule has 3 rings (SSSR count). The summed E-state index contributed by atoms with van der Waals surface area (Å²) in [6.45, 7) is 6.61. The molecule has 0 bridgehead atoms. The Morgan fingerprint density at radius 3 is 2.82 bits per heavy atom. The number of rotatable bonds is 7.